The van der Waals surface area contributed by atoms with Crippen molar-refractivity contribution in [3.63, 3.8) is 0 Å². The van der Waals surface area contributed by atoms with Gasteiger partial charge in [0, 0.05) is 18.6 Å². The van der Waals surface area contributed by atoms with E-state index in [1.807, 2.05) is 0 Å². The Bertz CT molecular complexity index is 259. The van der Waals surface area contributed by atoms with Gasteiger partial charge in [0.25, 0.3) is 0 Å². The molecule has 0 aromatic carbocycles. The summed E-state index contributed by atoms with van der Waals surface area (Å²) in [6.45, 7) is 5.71. The van der Waals surface area contributed by atoms with Gasteiger partial charge in [0.15, 0.2) is 0 Å². The van der Waals surface area contributed by atoms with Crippen molar-refractivity contribution in [2.45, 2.75) is 70.9 Å². The van der Waals surface area contributed by atoms with Gasteiger partial charge in [0.1, 0.15) is 0 Å². The van der Waals surface area contributed by atoms with Crippen LogP contribution in [0.3, 0.4) is 0 Å². The van der Waals surface area contributed by atoms with E-state index in [1.54, 1.807) is 0 Å². The Morgan fingerprint density at radius 1 is 1.32 bits per heavy atom. The molecule has 0 aromatic heterocycles. The van der Waals surface area contributed by atoms with E-state index < -0.39 is 0 Å². The minimum atomic E-state index is 0.101. The molecule has 1 amide bonds. The van der Waals surface area contributed by atoms with Crippen molar-refractivity contribution in [2.75, 3.05) is 19.7 Å². The van der Waals surface area contributed by atoms with Crippen molar-refractivity contribution in [3.05, 3.63) is 0 Å². The molecule has 0 radical (unpaired) electrons. The van der Waals surface area contributed by atoms with Crippen LogP contribution in [0.5, 0.6) is 0 Å². The first kappa shape index (κ1) is 16.4. The normalized spacial score (nSPS) is 24.4. The summed E-state index contributed by atoms with van der Waals surface area (Å²) in [6.07, 6.45) is 8.00. The first-order valence-corrected chi connectivity index (χ1v) is 7.82. The quantitative estimate of drug-likeness (QED) is 0.663. The molecule has 4 heteroatoms. The molecule has 19 heavy (non-hydrogen) atoms. The SMILES string of the molecule is CCCCCCNC(=O)CN1C(C)CCCC1CO. The summed E-state index contributed by atoms with van der Waals surface area (Å²) in [5.74, 6) is 0.101. The molecule has 1 heterocycles. The molecule has 2 atom stereocenters. The summed E-state index contributed by atoms with van der Waals surface area (Å²) in [6, 6.07) is 0.561. The van der Waals surface area contributed by atoms with Crippen molar-refractivity contribution in [3.8, 4) is 0 Å². The first-order valence-electron chi connectivity index (χ1n) is 7.82. The standard InChI is InChI=1S/C15H30N2O2/c1-3-4-5-6-10-16-15(19)11-17-13(2)8-7-9-14(17)12-18/h13-14,18H,3-12H2,1-2H3,(H,16,19). The van der Waals surface area contributed by atoms with Crippen LogP contribution >= 0.6 is 0 Å². The lowest BCUT2D eigenvalue weighted by Crippen LogP contribution is -2.51. The summed E-state index contributed by atoms with van der Waals surface area (Å²) < 4.78 is 0. The number of carbonyl (C=O) groups excluding carboxylic acids is 1. The molecule has 112 valence electrons. The van der Waals surface area contributed by atoms with Crippen LogP contribution in [-0.4, -0.2) is 47.7 Å². The van der Waals surface area contributed by atoms with Crippen molar-refractivity contribution >= 4 is 5.91 Å². The molecule has 1 rings (SSSR count). The average molecular weight is 270 g/mol. The third-order valence-electron chi connectivity index (χ3n) is 4.08. The predicted octanol–water partition coefficient (Wildman–Crippen LogP) is 1.92. The lowest BCUT2D eigenvalue weighted by atomic mass is 9.97. The van der Waals surface area contributed by atoms with E-state index in [0.29, 0.717) is 12.6 Å². The number of hydrogen-bond donors (Lipinski definition) is 2. The van der Waals surface area contributed by atoms with Gasteiger partial charge in [-0.1, -0.05) is 32.6 Å². The Morgan fingerprint density at radius 2 is 2.11 bits per heavy atom. The van der Waals surface area contributed by atoms with Crippen molar-refractivity contribution in [2.24, 2.45) is 0 Å². The first-order chi connectivity index (χ1) is 9.19. The molecule has 0 aliphatic carbocycles. The number of aliphatic hydroxyl groups is 1. The van der Waals surface area contributed by atoms with Gasteiger partial charge < -0.3 is 10.4 Å². The highest BCUT2D eigenvalue weighted by Gasteiger charge is 2.28. The van der Waals surface area contributed by atoms with E-state index in [-0.39, 0.29) is 18.6 Å². The maximum absolute atomic E-state index is 11.9. The number of carbonyl (C=O) groups is 1. The van der Waals surface area contributed by atoms with E-state index in [2.05, 4.69) is 24.1 Å². The Balaban J connectivity index is 2.25. The molecule has 1 fully saturated rings. The van der Waals surface area contributed by atoms with Crippen LogP contribution in [0, 0.1) is 0 Å². The second-order valence-electron chi connectivity index (χ2n) is 5.70. The molecule has 1 aliphatic rings. The maximum atomic E-state index is 11.9. The second-order valence-corrected chi connectivity index (χ2v) is 5.70. The zero-order valence-corrected chi connectivity index (χ0v) is 12.5. The van der Waals surface area contributed by atoms with Gasteiger partial charge in [0.05, 0.1) is 13.2 Å². The van der Waals surface area contributed by atoms with Gasteiger partial charge in [-0.2, -0.15) is 0 Å². The highest BCUT2D eigenvalue weighted by molar-refractivity contribution is 5.78. The summed E-state index contributed by atoms with van der Waals surface area (Å²) in [5.41, 5.74) is 0. The third kappa shape index (κ3) is 5.91. The highest BCUT2D eigenvalue weighted by atomic mass is 16.3. The van der Waals surface area contributed by atoms with Crippen LogP contribution in [0.2, 0.25) is 0 Å². The minimum Gasteiger partial charge on any atom is -0.395 e. The fourth-order valence-electron chi connectivity index (χ4n) is 2.82. The molecular formula is C15H30N2O2. The van der Waals surface area contributed by atoms with Gasteiger partial charge >= 0.3 is 0 Å². The molecule has 1 saturated heterocycles. The van der Waals surface area contributed by atoms with E-state index >= 15 is 0 Å². The molecule has 0 aromatic rings. The third-order valence-corrected chi connectivity index (χ3v) is 4.08. The Kier molecular flexibility index (Phi) is 8.07. The van der Waals surface area contributed by atoms with E-state index in [1.165, 1.54) is 19.3 Å². The smallest absolute Gasteiger partial charge is 0.234 e. The summed E-state index contributed by atoms with van der Waals surface area (Å²) in [5, 5.41) is 12.4. The van der Waals surface area contributed by atoms with Crippen LogP contribution in [-0.2, 0) is 4.79 Å². The number of amides is 1. The van der Waals surface area contributed by atoms with Gasteiger partial charge in [0.2, 0.25) is 5.91 Å². The molecule has 1 aliphatic heterocycles. The van der Waals surface area contributed by atoms with Crippen LogP contribution in [0.1, 0.15) is 58.8 Å². The molecular weight excluding hydrogens is 240 g/mol. The molecule has 0 saturated carbocycles. The predicted molar refractivity (Wildman–Crippen MR) is 78.0 cm³/mol. The number of nitrogens with one attached hydrogen (secondary N) is 1. The highest BCUT2D eigenvalue weighted by Crippen LogP contribution is 2.21. The summed E-state index contributed by atoms with van der Waals surface area (Å²) >= 11 is 0. The number of hydrogen-bond acceptors (Lipinski definition) is 3. The lowest BCUT2D eigenvalue weighted by Gasteiger charge is -2.39. The fourth-order valence-corrected chi connectivity index (χ4v) is 2.82. The van der Waals surface area contributed by atoms with Crippen molar-refractivity contribution in [1.29, 1.82) is 0 Å². The van der Waals surface area contributed by atoms with Crippen molar-refractivity contribution < 1.29 is 9.90 Å². The van der Waals surface area contributed by atoms with E-state index in [0.717, 1.165) is 32.2 Å². The van der Waals surface area contributed by atoms with Crippen LogP contribution in [0.25, 0.3) is 0 Å². The number of unbranched alkanes of at least 4 members (excludes halogenated alkanes) is 3. The fraction of sp³-hybridized carbons (Fsp3) is 0.933. The van der Waals surface area contributed by atoms with Gasteiger partial charge in [-0.05, 0) is 26.2 Å². The molecule has 0 bridgehead atoms. The maximum Gasteiger partial charge on any atom is 0.234 e. The second kappa shape index (κ2) is 9.32. The van der Waals surface area contributed by atoms with Crippen LogP contribution in [0.4, 0.5) is 0 Å². The molecule has 2 unspecified atom stereocenters. The number of nitrogens with zero attached hydrogens (tertiary/aromatic N) is 1. The van der Waals surface area contributed by atoms with E-state index in [4.69, 9.17) is 0 Å². The van der Waals surface area contributed by atoms with Crippen molar-refractivity contribution in [1.82, 2.24) is 10.2 Å². The van der Waals surface area contributed by atoms with Crippen LogP contribution < -0.4 is 5.32 Å². The largest absolute Gasteiger partial charge is 0.395 e. The van der Waals surface area contributed by atoms with Gasteiger partial charge in [-0.25, -0.2) is 0 Å². The van der Waals surface area contributed by atoms with E-state index in [9.17, 15) is 9.90 Å². The minimum absolute atomic E-state index is 0.101. The molecule has 2 N–H and O–H groups in total. The number of piperidine rings is 1. The lowest BCUT2D eigenvalue weighted by molar-refractivity contribution is -0.124. The number of likely N-dealkylation sites (tertiary alicyclic amines) is 1. The Labute approximate surface area is 117 Å². The zero-order valence-electron chi connectivity index (χ0n) is 12.5. The topological polar surface area (TPSA) is 52.6 Å². The monoisotopic (exact) mass is 270 g/mol. The number of aliphatic hydroxyl groups excluding tert-OH is 1. The zero-order chi connectivity index (χ0) is 14.1. The van der Waals surface area contributed by atoms with Gasteiger partial charge in [-0.15, -0.1) is 0 Å². The van der Waals surface area contributed by atoms with Gasteiger partial charge in [-0.3, -0.25) is 9.69 Å². The molecule has 0 spiro atoms. The average Bonchev–Trinajstić information content (AvgIpc) is 2.41. The van der Waals surface area contributed by atoms with Crippen LogP contribution in [0.15, 0.2) is 0 Å². The summed E-state index contributed by atoms with van der Waals surface area (Å²) in [4.78, 5) is 14.1. The Hall–Kier alpha value is -0.610. The molecule has 4 nitrogen and oxygen atoms in total. The summed E-state index contributed by atoms with van der Waals surface area (Å²) in [7, 11) is 0. The Morgan fingerprint density at radius 3 is 2.79 bits per heavy atom. The number of rotatable bonds is 8.